The van der Waals surface area contributed by atoms with Crippen LogP contribution in [0, 0.1) is 5.92 Å². The van der Waals surface area contributed by atoms with E-state index in [1.807, 2.05) is 12.1 Å². The average Bonchev–Trinajstić information content (AvgIpc) is 2.70. The summed E-state index contributed by atoms with van der Waals surface area (Å²) in [7, 11) is 1.73. The van der Waals surface area contributed by atoms with Gasteiger partial charge < -0.3 is 15.0 Å². The van der Waals surface area contributed by atoms with Gasteiger partial charge in [0.2, 0.25) is 10.0 Å². The summed E-state index contributed by atoms with van der Waals surface area (Å²) in [5.74, 6) is 1.60. The highest BCUT2D eigenvalue weighted by atomic mass is 32.2. The van der Waals surface area contributed by atoms with Crippen molar-refractivity contribution >= 4 is 16.0 Å². The van der Waals surface area contributed by atoms with E-state index < -0.39 is 10.0 Å². The predicted molar refractivity (Wildman–Crippen MR) is 113 cm³/mol. The summed E-state index contributed by atoms with van der Waals surface area (Å²) in [5, 5.41) is 3.34. The third kappa shape index (κ3) is 6.46. The van der Waals surface area contributed by atoms with Crippen molar-refractivity contribution in [3.05, 3.63) is 29.8 Å². The summed E-state index contributed by atoms with van der Waals surface area (Å²) in [6.45, 7) is 6.08. The molecule has 0 radical (unpaired) electrons. The third-order valence-electron chi connectivity index (χ3n) is 5.02. The number of nitrogens with one attached hydrogen (secondary N) is 1. The number of aliphatic imine (C=N–C) groups is 1. The molecule has 158 valence electrons. The molecule has 1 saturated heterocycles. The van der Waals surface area contributed by atoms with Gasteiger partial charge in [0.05, 0.1) is 11.4 Å². The summed E-state index contributed by atoms with van der Waals surface area (Å²) in [4.78, 5) is 7.19. The first kappa shape index (κ1) is 22.6. The van der Waals surface area contributed by atoms with E-state index in [1.165, 1.54) is 18.4 Å². The molecule has 1 N–H and O–H groups in total. The van der Waals surface area contributed by atoms with Gasteiger partial charge in [0, 0.05) is 47.4 Å². The minimum atomic E-state index is -3.40. The van der Waals surface area contributed by atoms with E-state index >= 15 is 0 Å². The average molecular weight is 411 g/mol. The zero-order valence-corrected chi connectivity index (χ0v) is 18.3. The first-order valence-corrected chi connectivity index (χ1v) is 11.4. The van der Waals surface area contributed by atoms with E-state index in [0.29, 0.717) is 11.4 Å². The minimum Gasteiger partial charge on any atom is -0.381 e. The van der Waals surface area contributed by atoms with Crippen molar-refractivity contribution in [3.8, 4) is 0 Å². The number of ether oxygens (including phenoxy) is 1. The van der Waals surface area contributed by atoms with Gasteiger partial charge >= 0.3 is 0 Å². The van der Waals surface area contributed by atoms with Crippen molar-refractivity contribution in [2.75, 3.05) is 47.4 Å². The first-order chi connectivity index (χ1) is 13.3. The highest BCUT2D eigenvalue weighted by molar-refractivity contribution is 7.89. The molecule has 8 heteroatoms. The van der Waals surface area contributed by atoms with Gasteiger partial charge in [-0.3, -0.25) is 0 Å². The Hall–Kier alpha value is -1.64. The maximum absolute atomic E-state index is 12.2. The van der Waals surface area contributed by atoms with Gasteiger partial charge in [0.1, 0.15) is 0 Å². The maximum atomic E-state index is 12.2. The Morgan fingerprint density at radius 3 is 2.39 bits per heavy atom. The number of nitrogens with zero attached hydrogens (tertiary/aromatic N) is 3. The molecule has 0 aromatic heterocycles. The van der Waals surface area contributed by atoms with E-state index in [4.69, 9.17) is 9.73 Å². The summed E-state index contributed by atoms with van der Waals surface area (Å²) in [6, 6.07) is 6.93. The lowest BCUT2D eigenvalue weighted by atomic mass is 9.96. The van der Waals surface area contributed by atoms with Crippen LogP contribution in [0.4, 0.5) is 0 Å². The summed E-state index contributed by atoms with van der Waals surface area (Å²) >= 11 is 0. The van der Waals surface area contributed by atoms with Gasteiger partial charge in [-0.1, -0.05) is 12.1 Å². The molecule has 0 atom stereocenters. The van der Waals surface area contributed by atoms with Crippen molar-refractivity contribution in [1.82, 2.24) is 14.5 Å². The largest absolute Gasteiger partial charge is 0.381 e. The number of hydrogen-bond donors (Lipinski definition) is 1. The molecule has 0 bridgehead atoms. The Morgan fingerprint density at radius 2 is 1.82 bits per heavy atom. The van der Waals surface area contributed by atoms with Gasteiger partial charge in [0.15, 0.2) is 5.96 Å². The minimum absolute atomic E-state index is 0.297. The van der Waals surface area contributed by atoms with Gasteiger partial charge in [-0.15, -0.1) is 0 Å². The lowest BCUT2D eigenvalue weighted by Crippen LogP contribution is -2.40. The summed E-state index contributed by atoms with van der Waals surface area (Å²) < 4.78 is 31.0. The summed E-state index contributed by atoms with van der Waals surface area (Å²) in [6.07, 6.45) is 3.43. The topological polar surface area (TPSA) is 74.2 Å². The molecular weight excluding hydrogens is 376 g/mol. The standard InChI is InChI=1S/C20H34N4O3S/c1-5-21-20(24(4)13-10-17-11-14-27-15-12-17)22-16-18-6-8-19(9-7-18)28(25,26)23(2)3/h6-9,17H,5,10-16H2,1-4H3,(H,21,22). The third-order valence-corrected chi connectivity index (χ3v) is 6.85. The Labute approximate surface area is 169 Å². The Kier molecular flexibility index (Phi) is 8.72. The maximum Gasteiger partial charge on any atom is 0.242 e. The van der Waals surface area contributed by atoms with Crippen LogP contribution in [0.3, 0.4) is 0 Å². The summed E-state index contributed by atoms with van der Waals surface area (Å²) in [5.41, 5.74) is 0.978. The molecule has 0 spiro atoms. The van der Waals surface area contributed by atoms with Gasteiger partial charge in [0.25, 0.3) is 0 Å². The molecule has 1 fully saturated rings. The van der Waals surface area contributed by atoms with Crippen molar-refractivity contribution in [2.45, 2.75) is 37.6 Å². The van der Waals surface area contributed by atoms with Gasteiger partial charge in [-0.2, -0.15) is 0 Å². The van der Waals surface area contributed by atoms with Crippen LogP contribution in [0.2, 0.25) is 0 Å². The first-order valence-electron chi connectivity index (χ1n) is 9.93. The molecular formula is C20H34N4O3S. The van der Waals surface area contributed by atoms with Crippen LogP contribution in [0.5, 0.6) is 0 Å². The van der Waals surface area contributed by atoms with Crippen LogP contribution in [0.15, 0.2) is 34.2 Å². The second-order valence-corrected chi connectivity index (χ2v) is 9.52. The molecule has 28 heavy (non-hydrogen) atoms. The molecule has 0 amide bonds. The number of sulfonamides is 1. The fraction of sp³-hybridized carbons (Fsp3) is 0.650. The number of rotatable bonds is 8. The van der Waals surface area contributed by atoms with Crippen LogP contribution < -0.4 is 5.32 Å². The van der Waals surface area contributed by atoms with Gasteiger partial charge in [-0.25, -0.2) is 17.7 Å². The quantitative estimate of drug-likeness (QED) is 0.525. The lowest BCUT2D eigenvalue weighted by Gasteiger charge is -2.26. The molecule has 1 aliphatic rings. The molecule has 0 unspecified atom stereocenters. The predicted octanol–water partition coefficient (Wildman–Crippen LogP) is 2.15. The highest BCUT2D eigenvalue weighted by Gasteiger charge is 2.17. The van der Waals surface area contributed by atoms with E-state index in [-0.39, 0.29) is 0 Å². The fourth-order valence-electron chi connectivity index (χ4n) is 3.13. The highest BCUT2D eigenvalue weighted by Crippen LogP contribution is 2.18. The zero-order chi connectivity index (χ0) is 20.6. The molecule has 2 rings (SSSR count). The van der Waals surface area contributed by atoms with E-state index in [0.717, 1.165) is 63.0 Å². The van der Waals surface area contributed by atoms with Crippen LogP contribution in [0.1, 0.15) is 31.7 Å². The zero-order valence-electron chi connectivity index (χ0n) is 17.5. The Morgan fingerprint density at radius 1 is 1.18 bits per heavy atom. The molecule has 7 nitrogen and oxygen atoms in total. The second-order valence-electron chi connectivity index (χ2n) is 7.37. The normalized spacial score (nSPS) is 16.4. The van der Waals surface area contributed by atoms with Crippen LogP contribution in [-0.4, -0.2) is 71.0 Å². The van der Waals surface area contributed by atoms with E-state index in [1.54, 1.807) is 12.1 Å². The van der Waals surface area contributed by atoms with Crippen molar-refractivity contribution in [1.29, 1.82) is 0 Å². The molecule has 1 aliphatic heterocycles. The Bertz CT molecular complexity index is 726. The van der Waals surface area contributed by atoms with Crippen LogP contribution in [0.25, 0.3) is 0 Å². The van der Waals surface area contributed by atoms with E-state index in [2.05, 4.69) is 24.2 Å². The molecule has 1 aromatic carbocycles. The molecule has 0 aliphatic carbocycles. The van der Waals surface area contributed by atoms with Gasteiger partial charge in [-0.05, 0) is 49.8 Å². The monoisotopic (exact) mass is 410 g/mol. The number of guanidine groups is 1. The molecule has 0 saturated carbocycles. The fourth-order valence-corrected chi connectivity index (χ4v) is 4.03. The van der Waals surface area contributed by atoms with Crippen LogP contribution in [-0.2, 0) is 21.3 Å². The smallest absolute Gasteiger partial charge is 0.242 e. The lowest BCUT2D eigenvalue weighted by molar-refractivity contribution is 0.0625. The number of benzene rings is 1. The molecule has 1 aromatic rings. The van der Waals surface area contributed by atoms with Crippen molar-refractivity contribution in [3.63, 3.8) is 0 Å². The van der Waals surface area contributed by atoms with Crippen molar-refractivity contribution < 1.29 is 13.2 Å². The van der Waals surface area contributed by atoms with E-state index in [9.17, 15) is 8.42 Å². The Balaban J connectivity index is 1.97. The SMILES string of the molecule is CCNC(=NCc1ccc(S(=O)(=O)N(C)C)cc1)N(C)CCC1CCOCC1. The second kappa shape index (κ2) is 10.8. The van der Waals surface area contributed by atoms with Crippen molar-refractivity contribution in [2.24, 2.45) is 10.9 Å². The van der Waals surface area contributed by atoms with Crippen LogP contribution >= 0.6 is 0 Å². The molecule has 1 heterocycles. The number of hydrogen-bond acceptors (Lipinski definition) is 4.